The van der Waals surface area contributed by atoms with E-state index in [0.717, 1.165) is 44.4 Å². The molecule has 3 atom stereocenters. The van der Waals surface area contributed by atoms with Gasteiger partial charge in [0.05, 0.1) is 31.5 Å². The summed E-state index contributed by atoms with van der Waals surface area (Å²) in [5, 5.41) is 11.1. The first-order chi connectivity index (χ1) is 18.8. The average molecular weight is 534 g/mol. The van der Waals surface area contributed by atoms with Crippen molar-refractivity contribution in [3.05, 3.63) is 52.8 Å². The highest BCUT2D eigenvalue weighted by Crippen LogP contribution is 2.37. The summed E-state index contributed by atoms with van der Waals surface area (Å²) >= 11 is 0. The zero-order chi connectivity index (χ0) is 27.3. The molecule has 10 nitrogen and oxygen atoms in total. The van der Waals surface area contributed by atoms with Crippen LogP contribution in [-0.4, -0.2) is 93.5 Å². The molecule has 2 saturated heterocycles. The second-order valence-electron chi connectivity index (χ2n) is 11.0. The van der Waals surface area contributed by atoms with Crippen LogP contribution in [0.3, 0.4) is 0 Å². The number of ether oxygens (including phenoxy) is 2. The van der Waals surface area contributed by atoms with Gasteiger partial charge >= 0.3 is 12.1 Å². The summed E-state index contributed by atoms with van der Waals surface area (Å²) in [6.45, 7) is 9.16. The number of pyridine rings is 1. The summed E-state index contributed by atoms with van der Waals surface area (Å²) < 4.78 is 11.6. The van der Waals surface area contributed by atoms with Crippen molar-refractivity contribution in [3.8, 4) is 11.1 Å². The second-order valence-corrected chi connectivity index (χ2v) is 11.0. The Morgan fingerprint density at radius 2 is 1.87 bits per heavy atom. The molecule has 5 heterocycles. The van der Waals surface area contributed by atoms with E-state index in [9.17, 15) is 14.7 Å². The second kappa shape index (κ2) is 10.2. The SMILES string of the molecule is Cc1c[nH]c2ncc(-c3cc4c(c([C@@H]5COCCN5C(=O)O)c3)CN(C(=O)N3CC(C)OC(C)C3)CC4)cc12. The molecule has 3 amide bonds. The molecule has 0 aliphatic carbocycles. The van der Waals surface area contributed by atoms with Crippen LogP contribution in [0.25, 0.3) is 22.2 Å². The number of aryl methyl sites for hydroxylation is 1. The van der Waals surface area contributed by atoms with Crippen molar-refractivity contribution in [1.82, 2.24) is 24.7 Å². The number of hydrogen-bond acceptors (Lipinski definition) is 5. The predicted molar refractivity (Wildman–Crippen MR) is 146 cm³/mol. The minimum absolute atomic E-state index is 0.00486. The van der Waals surface area contributed by atoms with Crippen LogP contribution in [0.15, 0.2) is 30.6 Å². The fourth-order valence-electron chi connectivity index (χ4n) is 6.24. The fourth-order valence-corrected chi connectivity index (χ4v) is 6.24. The molecule has 3 aliphatic heterocycles. The first-order valence-corrected chi connectivity index (χ1v) is 13.6. The summed E-state index contributed by atoms with van der Waals surface area (Å²) in [6, 6.07) is 5.94. The van der Waals surface area contributed by atoms with Crippen LogP contribution in [0.4, 0.5) is 9.59 Å². The molecule has 0 bridgehead atoms. The summed E-state index contributed by atoms with van der Waals surface area (Å²) in [4.78, 5) is 38.9. The van der Waals surface area contributed by atoms with Crippen LogP contribution < -0.4 is 0 Å². The Balaban J connectivity index is 1.40. The lowest BCUT2D eigenvalue weighted by Gasteiger charge is -2.41. The summed E-state index contributed by atoms with van der Waals surface area (Å²) in [5.74, 6) is 0. The monoisotopic (exact) mass is 533 g/mol. The van der Waals surface area contributed by atoms with Gasteiger partial charge in [-0.05, 0) is 67.1 Å². The Labute approximate surface area is 227 Å². The molecule has 1 aromatic carbocycles. The highest BCUT2D eigenvalue weighted by molar-refractivity contribution is 5.85. The molecule has 3 aliphatic rings. The largest absolute Gasteiger partial charge is 0.465 e. The standard InChI is InChI=1S/C29H35N5O5/c1-17-11-30-27-23(17)10-22(12-31-27)21-8-20-4-5-32(28(35)33-13-18(2)39-19(3)14-33)15-25(20)24(9-21)26-16-38-7-6-34(26)29(36)37/h8-12,18-19,26H,4-7,13-16H2,1-3H3,(H,30,31)(H,36,37)/t18?,19?,26-/m0/s1. The number of H-pyrrole nitrogens is 1. The average Bonchev–Trinajstić information content (AvgIpc) is 3.31. The Hall–Kier alpha value is -3.63. The molecular weight excluding hydrogens is 498 g/mol. The Kier molecular flexibility index (Phi) is 6.68. The molecule has 10 heteroatoms. The van der Waals surface area contributed by atoms with Gasteiger partial charge in [-0.25, -0.2) is 14.6 Å². The number of amides is 3. The van der Waals surface area contributed by atoms with Crippen LogP contribution in [0.1, 0.15) is 42.1 Å². The molecule has 206 valence electrons. The lowest BCUT2D eigenvalue weighted by Crippen LogP contribution is -2.53. The maximum absolute atomic E-state index is 13.6. The minimum atomic E-state index is -0.964. The third kappa shape index (κ3) is 4.83. The number of carbonyl (C=O) groups is 2. The maximum atomic E-state index is 13.6. The molecule has 2 fully saturated rings. The number of carbonyl (C=O) groups excluding carboxylic acids is 1. The number of nitrogens with one attached hydrogen (secondary N) is 1. The number of hydrogen-bond donors (Lipinski definition) is 2. The molecule has 0 saturated carbocycles. The number of fused-ring (bicyclic) bond motifs is 2. The summed E-state index contributed by atoms with van der Waals surface area (Å²) in [6.07, 6.45) is 3.52. The zero-order valence-corrected chi connectivity index (χ0v) is 22.6. The maximum Gasteiger partial charge on any atom is 0.407 e. The molecule has 0 radical (unpaired) electrons. The van der Waals surface area contributed by atoms with Crippen molar-refractivity contribution in [2.75, 3.05) is 39.4 Å². The van der Waals surface area contributed by atoms with Crippen molar-refractivity contribution < 1.29 is 24.2 Å². The van der Waals surface area contributed by atoms with E-state index < -0.39 is 12.1 Å². The van der Waals surface area contributed by atoms with E-state index in [1.54, 1.807) is 0 Å². The normalized spacial score (nSPS) is 23.7. The third-order valence-corrected chi connectivity index (χ3v) is 8.14. The number of carboxylic acid groups (broad SMARTS) is 1. The lowest BCUT2D eigenvalue weighted by atomic mass is 9.87. The smallest absolute Gasteiger partial charge is 0.407 e. The van der Waals surface area contributed by atoms with Crippen LogP contribution in [-0.2, 0) is 22.4 Å². The van der Waals surface area contributed by atoms with Gasteiger partial charge in [-0.3, -0.25) is 4.90 Å². The van der Waals surface area contributed by atoms with E-state index in [0.29, 0.717) is 45.8 Å². The number of benzene rings is 1. The highest BCUT2D eigenvalue weighted by Gasteiger charge is 2.35. The van der Waals surface area contributed by atoms with E-state index >= 15 is 0 Å². The molecule has 6 rings (SSSR count). The van der Waals surface area contributed by atoms with Crippen molar-refractivity contribution in [2.45, 2.75) is 52.0 Å². The zero-order valence-electron chi connectivity index (χ0n) is 22.6. The van der Waals surface area contributed by atoms with Crippen LogP contribution in [0, 0.1) is 6.92 Å². The van der Waals surface area contributed by atoms with E-state index in [1.807, 2.05) is 43.0 Å². The Bertz CT molecular complexity index is 1410. The number of nitrogens with zero attached hydrogens (tertiary/aromatic N) is 4. The van der Waals surface area contributed by atoms with Gasteiger partial charge in [0.2, 0.25) is 0 Å². The van der Waals surface area contributed by atoms with Gasteiger partial charge in [0.1, 0.15) is 5.65 Å². The van der Waals surface area contributed by atoms with Gasteiger partial charge in [-0.2, -0.15) is 0 Å². The summed E-state index contributed by atoms with van der Waals surface area (Å²) in [7, 11) is 0. The molecular formula is C29H35N5O5. The Morgan fingerprint density at radius 3 is 2.64 bits per heavy atom. The number of aromatic nitrogens is 2. The van der Waals surface area contributed by atoms with Crippen molar-refractivity contribution in [3.63, 3.8) is 0 Å². The van der Waals surface area contributed by atoms with Crippen LogP contribution in [0.5, 0.6) is 0 Å². The molecule has 2 unspecified atom stereocenters. The van der Waals surface area contributed by atoms with Gasteiger partial charge in [0, 0.05) is 56.1 Å². The lowest BCUT2D eigenvalue weighted by molar-refractivity contribution is -0.0585. The highest BCUT2D eigenvalue weighted by atomic mass is 16.5. The van der Waals surface area contributed by atoms with Crippen LogP contribution in [0.2, 0.25) is 0 Å². The van der Waals surface area contributed by atoms with Crippen molar-refractivity contribution in [1.29, 1.82) is 0 Å². The first-order valence-electron chi connectivity index (χ1n) is 13.6. The first kappa shape index (κ1) is 25.6. The predicted octanol–water partition coefficient (Wildman–Crippen LogP) is 4.18. The van der Waals surface area contributed by atoms with Gasteiger partial charge in [-0.1, -0.05) is 6.07 Å². The topological polar surface area (TPSA) is 111 Å². The molecule has 2 aromatic heterocycles. The van der Waals surface area contributed by atoms with Crippen molar-refractivity contribution >= 4 is 23.2 Å². The van der Waals surface area contributed by atoms with Gasteiger partial charge in [-0.15, -0.1) is 0 Å². The van der Waals surface area contributed by atoms with Crippen LogP contribution >= 0.6 is 0 Å². The number of aromatic amines is 1. The van der Waals surface area contributed by atoms with E-state index in [1.165, 1.54) is 4.90 Å². The van der Waals surface area contributed by atoms with Crippen molar-refractivity contribution in [2.24, 2.45) is 0 Å². The number of rotatable bonds is 2. The quantitative estimate of drug-likeness (QED) is 0.511. The molecule has 3 aromatic rings. The van der Waals surface area contributed by atoms with E-state index in [-0.39, 0.29) is 24.8 Å². The van der Waals surface area contributed by atoms with E-state index in [2.05, 4.69) is 28.2 Å². The minimum Gasteiger partial charge on any atom is -0.465 e. The molecule has 2 N–H and O–H groups in total. The van der Waals surface area contributed by atoms with Gasteiger partial charge < -0.3 is 29.4 Å². The fraction of sp³-hybridized carbons (Fsp3) is 0.483. The summed E-state index contributed by atoms with van der Waals surface area (Å²) in [5.41, 5.74) is 6.98. The van der Waals surface area contributed by atoms with Gasteiger partial charge in [0.25, 0.3) is 0 Å². The molecule has 0 spiro atoms. The third-order valence-electron chi connectivity index (χ3n) is 8.14. The van der Waals surface area contributed by atoms with Gasteiger partial charge in [0.15, 0.2) is 0 Å². The van der Waals surface area contributed by atoms with E-state index in [4.69, 9.17) is 9.47 Å². The Morgan fingerprint density at radius 1 is 1.08 bits per heavy atom. The number of morpholine rings is 2. The molecule has 39 heavy (non-hydrogen) atoms. The number of urea groups is 1.